The van der Waals surface area contributed by atoms with E-state index in [1.165, 1.54) is 64.2 Å². The average Bonchev–Trinajstić information content (AvgIpc) is 3.02. The third-order valence-corrected chi connectivity index (χ3v) is 9.96. The molecule has 0 aliphatic rings. The van der Waals surface area contributed by atoms with Crippen LogP contribution in [0.25, 0.3) is 0 Å². The number of hydrogen-bond donors (Lipinski definition) is 2. The van der Waals surface area contributed by atoms with E-state index in [1.807, 2.05) is 12.1 Å². The Hall–Kier alpha value is -2.36. The highest BCUT2D eigenvalue weighted by Gasteiger charge is 2.17. The highest BCUT2D eigenvalue weighted by atomic mass is 16.5. The minimum Gasteiger partial charge on any atom is -0.508 e. The summed E-state index contributed by atoms with van der Waals surface area (Å²) < 4.78 is 12.9. The van der Waals surface area contributed by atoms with Gasteiger partial charge in [-0.3, -0.25) is 0 Å². The van der Waals surface area contributed by atoms with E-state index in [2.05, 4.69) is 67.5 Å². The number of benzene rings is 2. The van der Waals surface area contributed by atoms with E-state index in [4.69, 9.17) is 9.47 Å². The molecule has 2 aromatic carbocycles. The summed E-state index contributed by atoms with van der Waals surface area (Å²) in [5, 5.41) is 22.3. The van der Waals surface area contributed by atoms with E-state index in [0.29, 0.717) is 36.5 Å². The Morgan fingerprint density at radius 3 is 1.23 bits per heavy atom. The Labute approximate surface area is 296 Å². The fourth-order valence-corrected chi connectivity index (χ4v) is 6.70. The van der Waals surface area contributed by atoms with Crippen LogP contribution in [0.4, 0.5) is 0 Å². The molecule has 0 aliphatic carbocycles. The molecule has 0 unspecified atom stereocenters. The van der Waals surface area contributed by atoms with Crippen LogP contribution in [-0.4, -0.2) is 23.4 Å². The number of ether oxygens (including phenoxy) is 2. The largest absolute Gasteiger partial charge is 0.508 e. The molecule has 0 saturated carbocycles. The summed E-state index contributed by atoms with van der Waals surface area (Å²) in [4.78, 5) is 0. The van der Waals surface area contributed by atoms with Crippen LogP contribution in [0.15, 0.2) is 24.3 Å². The summed E-state index contributed by atoms with van der Waals surface area (Å²) in [6.07, 6.45) is 20.1. The predicted molar refractivity (Wildman–Crippen MR) is 206 cm³/mol. The Bertz CT molecular complexity index is 1050. The molecule has 0 radical (unpaired) electrons. The highest BCUT2D eigenvalue weighted by Crippen LogP contribution is 2.35. The van der Waals surface area contributed by atoms with Gasteiger partial charge in [-0.25, -0.2) is 0 Å². The van der Waals surface area contributed by atoms with Crippen molar-refractivity contribution < 1.29 is 19.7 Å². The van der Waals surface area contributed by atoms with Crippen molar-refractivity contribution in [3.05, 3.63) is 46.5 Å². The van der Waals surface area contributed by atoms with Crippen LogP contribution in [0.1, 0.15) is 168 Å². The van der Waals surface area contributed by atoms with Crippen molar-refractivity contribution in [3.63, 3.8) is 0 Å². The van der Waals surface area contributed by atoms with Crippen LogP contribution >= 0.6 is 0 Å². The zero-order valence-corrected chi connectivity index (χ0v) is 32.5. The van der Waals surface area contributed by atoms with E-state index in [1.54, 1.807) is 0 Å². The van der Waals surface area contributed by atoms with Crippen LogP contribution in [0, 0.1) is 23.7 Å². The summed E-state index contributed by atoms with van der Waals surface area (Å²) in [6.45, 7) is 19.1. The molecule has 2 rings (SSSR count). The zero-order valence-electron chi connectivity index (χ0n) is 32.5. The maximum absolute atomic E-state index is 11.2. The highest BCUT2D eigenvalue weighted by molar-refractivity contribution is 5.48. The zero-order chi connectivity index (χ0) is 35.3. The van der Waals surface area contributed by atoms with Crippen molar-refractivity contribution in [3.8, 4) is 23.0 Å². The second-order valence-corrected chi connectivity index (χ2v) is 15.7. The molecule has 2 aromatic rings. The minimum atomic E-state index is 0.365. The van der Waals surface area contributed by atoms with E-state index in [-0.39, 0.29) is 0 Å². The molecule has 2 atom stereocenters. The van der Waals surface area contributed by atoms with Crippen molar-refractivity contribution in [2.45, 2.75) is 171 Å². The first-order chi connectivity index (χ1) is 23.0. The summed E-state index contributed by atoms with van der Waals surface area (Å²) in [5.41, 5.74) is 4.13. The summed E-state index contributed by atoms with van der Waals surface area (Å²) in [6, 6.07) is 8.22. The van der Waals surface area contributed by atoms with Crippen molar-refractivity contribution in [2.75, 3.05) is 13.2 Å². The first-order valence-electron chi connectivity index (χ1n) is 20.0. The lowest BCUT2D eigenvalue weighted by atomic mass is 9.93. The Balaban J connectivity index is 2.15. The number of rotatable bonds is 27. The first kappa shape index (κ1) is 41.8. The molecular weight excluding hydrogens is 592 g/mol. The van der Waals surface area contributed by atoms with Crippen molar-refractivity contribution in [1.82, 2.24) is 0 Å². The molecule has 0 amide bonds. The lowest BCUT2D eigenvalue weighted by Crippen LogP contribution is -2.12. The Morgan fingerprint density at radius 2 is 0.875 bits per heavy atom. The van der Waals surface area contributed by atoms with Crippen LogP contribution < -0.4 is 9.47 Å². The molecular formula is C44H74O4. The van der Waals surface area contributed by atoms with Gasteiger partial charge in [-0.2, -0.15) is 0 Å². The molecule has 0 aromatic heterocycles. The molecule has 0 aliphatic heterocycles. The lowest BCUT2D eigenvalue weighted by Gasteiger charge is -2.19. The van der Waals surface area contributed by atoms with Gasteiger partial charge in [0.15, 0.2) is 0 Å². The normalized spacial score (nSPS) is 13.0. The fraction of sp³-hybridized carbons (Fsp3) is 0.727. The van der Waals surface area contributed by atoms with Crippen LogP contribution in [-0.2, 0) is 25.7 Å². The average molecular weight is 667 g/mol. The number of aryl methyl sites for hydroxylation is 2. The number of aromatic hydroxyl groups is 2. The molecule has 0 fully saturated rings. The maximum atomic E-state index is 11.2. The van der Waals surface area contributed by atoms with Gasteiger partial charge in [0.25, 0.3) is 0 Å². The van der Waals surface area contributed by atoms with Crippen LogP contribution in [0.3, 0.4) is 0 Å². The van der Waals surface area contributed by atoms with E-state index in [9.17, 15) is 10.2 Å². The summed E-state index contributed by atoms with van der Waals surface area (Å²) in [7, 11) is 0. The van der Waals surface area contributed by atoms with Gasteiger partial charge in [0, 0.05) is 11.1 Å². The van der Waals surface area contributed by atoms with Crippen molar-refractivity contribution in [1.29, 1.82) is 0 Å². The van der Waals surface area contributed by atoms with Gasteiger partial charge in [-0.1, -0.05) is 120 Å². The topological polar surface area (TPSA) is 58.9 Å². The van der Waals surface area contributed by atoms with Gasteiger partial charge in [0.2, 0.25) is 0 Å². The molecule has 0 saturated heterocycles. The Kier molecular flexibility index (Phi) is 20.8. The second-order valence-electron chi connectivity index (χ2n) is 15.7. The minimum absolute atomic E-state index is 0.365. The molecule has 274 valence electrons. The molecule has 48 heavy (non-hydrogen) atoms. The van der Waals surface area contributed by atoms with E-state index < -0.39 is 0 Å². The molecule has 0 heterocycles. The molecule has 4 nitrogen and oxygen atoms in total. The first-order valence-corrected chi connectivity index (χ1v) is 20.0. The lowest BCUT2D eigenvalue weighted by molar-refractivity contribution is 0.212. The smallest absolute Gasteiger partial charge is 0.126 e. The van der Waals surface area contributed by atoms with E-state index in [0.717, 1.165) is 97.0 Å². The van der Waals surface area contributed by atoms with Gasteiger partial charge in [0.1, 0.15) is 36.2 Å². The standard InChI is InChI=1S/C44H74O4/c1-9-11-13-21-37-29-41(45)39(25-23-35(7)19-15-17-33(3)4)43(31-37)47-27-28-48-44-32-38(22-14-12-10-2)30-42(46)40(44)26-24-36(8)20-16-18-34(5)6/h29-36,45-46H,9-28H2,1-8H3/t35-,36-/m0/s1. The number of phenolic OH excluding ortho intramolecular Hbond substituents is 2. The molecule has 2 N–H and O–H groups in total. The van der Waals surface area contributed by atoms with E-state index >= 15 is 0 Å². The van der Waals surface area contributed by atoms with Crippen LogP contribution in [0.5, 0.6) is 23.0 Å². The van der Waals surface area contributed by atoms with Crippen LogP contribution in [0.2, 0.25) is 0 Å². The third-order valence-electron chi connectivity index (χ3n) is 9.96. The summed E-state index contributed by atoms with van der Waals surface area (Å²) in [5.74, 6) is 5.03. The van der Waals surface area contributed by atoms with Gasteiger partial charge < -0.3 is 19.7 Å². The monoisotopic (exact) mass is 667 g/mol. The number of unbranched alkanes of at least 4 members (excludes halogenated alkanes) is 4. The molecule has 0 bridgehead atoms. The SMILES string of the molecule is CCCCCc1cc(O)c(CC[C@@H](C)CCCC(C)C)c(OCCOc2cc(CCCCC)cc(O)c2CC[C@@H](C)CCCC(C)C)c1. The number of phenols is 2. The van der Waals surface area contributed by atoms with Crippen molar-refractivity contribution >= 4 is 0 Å². The van der Waals surface area contributed by atoms with Gasteiger partial charge in [0.05, 0.1) is 0 Å². The van der Waals surface area contributed by atoms with Crippen molar-refractivity contribution in [2.24, 2.45) is 23.7 Å². The second kappa shape index (κ2) is 23.9. The molecule has 0 spiro atoms. The summed E-state index contributed by atoms with van der Waals surface area (Å²) >= 11 is 0. The fourth-order valence-electron chi connectivity index (χ4n) is 6.70. The number of hydrogen-bond acceptors (Lipinski definition) is 4. The quantitative estimate of drug-likeness (QED) is 0.0932. The van der Waals surface area contributed by atoms with Gasteiger partial charge in [-0.05, 0) is 110 Å². The van der Waals surface area contributed by atoms with Gasteiger partial charge in [-0.15, -0.1) is 0 Å². The molecule has 4 heteroatoms. The predicted octanol–water partition coefficient (Wildman–Crippen LogP) is 12.8. The Morgan fingerprint density at radius 1 is 0.479 bits per heavy atom. The third kappa shape index (κ3) is 16.8. The van der Waals surface area contributed by atoms with Gasteiger partial charge >= 0.3 is 0 Å². The maximum Gasteiger partial charge on any atom is 0.126 e.